The number of rotatable bonds is 5. The Hall–Kier alpha value is -1.77. The van der Waals surface area contributed by atoms with Gasteiger partial charge in [0.25, 0.3) is 0 Å². The maximum absolute atomic E-state index is 5.82. The van der Waals surface area contributed by atoms with Gasteiger partial charge in [-0.2, -0.15) is 5.10 Å². The summed E-state index contributed by atoms with van der Waals surface area (Å²) in [4.78, 5) is 4.26. The van der Waals surface area contributed by atoms with Crippen LogP contribution in [-0.4, -0.2) is 29.4 Å². The molecule has 0 aliphatic rings. The number of nitrogens with two attached hydrogens (primary N) is 1. The van der Waals surface area contributed by atoms with Crippen LogP contribution in [0.15, 0.2) is 41.7 Å². The van der Waals surface area contributed by atoms with E-state index in [1.807, 2.05) is 48.3 Å². The number of aromatic nitrogens is 2. The van der Waals surface area contributed by atoms with E-state index in [9.17, 15) is 0 Å². The van der Waals surface area contributed by atoms with Gasteiger partial charge in [-0.1, -0.05) is 0 Å². The molecule has 0 amide bonds. The molecule has 1 aromatic carbocycles. The van der Waals surface area contributed by atoms with Gasteiger partial charge in [0.1, 0.15) is 5.75 Å². The molecular weight excluding hydrogens is 381 g/mol. The standard InChI is InChI=1S/C14H19N5O.HI/c1-11-9-17-19(10-11)8-7-16-14(15)18-12-3-5-13(20-2)6-4-12;/h3-6,9-10H,7-8H2,1-2H3,(H3,15,16,18);1H. The maximum atomic E-state index is 5.82. The third kappa shape index (κ3) is 5.62. The summed E-state index contributed by atoms with van der Waals surface area (Å²) in [5.74, 6) is 1.19. The van der Waals surface area contributed by atoms with Crippen LogP contribution in [0.2, 0.25) is 0 Å². The van der Waals surface area contributed by atoms with Crippen LogP contribution in [0.4, 0.5) is 5.69 Å². The minimum absolute atomic E-state index is 0. The number of benzene rings is 1. The lowest BCUT2D eigenvalue weighted by molar-refractivity contribution is 0.415. The van der Waals surface area contributed by atoms with Crippen molar-refractivity contribution in [3.63, 3.8) is 0 Å². The van der Waals surface area contributed by atoms with Gasteiger partial charge in [-0.15, -0.1) is 24.0 Å². The van der Waals surface area contributed by atoms with E-state index in [1.165, 1.54) is 0 Å². The Balaban J connectivity index is 0.00000220. The molecule has 1 heterocycles. The van der Waals surface area contributed by atoms with Crippen LogP contribution in [0.1, 0.15) is 5.56 Å². The number of guanidine groups is 1. The number of hydrogen-bond acceptors (Lipinski definition) is 3. The minimum Gasteiger partial charge on any atom is -0.497 e. The smallest absolute Gasteiger partial charge is 0.193 e. The van der Waals surface area contributed by atoms with Crippen LogP contribution in [-0.2, 0) is 6.54 Å². The summed E-state index contributed by atoms with van der Waals surface area (Å²) >= 11 is 0. The zero-order valence-electron chi connectivity index (χ0n) is 12.1. The van der Waals surface area contributed by atoms with Crippen molar-refractivity contribution in [3.05, 3.63) is 42.2 Å². The first-order chi connectivity index (χ1) is 9.67. The molecule has 2 aromatic rings. The molecule has 2 rings (SSSR count). The molecule has 114 valence electrons. The fourth-order valence-electron chi connectivity index (χ4n) is 1.72. The highest BCUT2D eigenvalue weighted by atomic mass is 127. The van der Waals surface area contributed by atoms with Crippen LogP contribution in [0, 0.1) is 6.92 Å². The summed E-state index contributed by atoms with van der Waals surface area (Å²) in [6.45, 7) is 3.29. The molecule has 0 aliphatic carbocycles. The van der Waals surface area contributed by atoms with Crippen molar-refractivity contribution in [2.75, 3.05) is 19.0 Å². The van der Waals surface area contributed by atoms with Crippen LogP contribution in [0.25, 0.3) is 0 Å². The van der Waals surface area contributed by atoms with Crippen molar-refractivity contribution in [1.29, 1.82) is 0 Å². The number of anilines is 1. The summed E-state index contributed by atoms with van der Waals surface area (Å²) in [6, 6.07) is 7.50. The third-order valence-corrected chi connectivity index (χ3v) is 2.74. The molecule has 3 N–H and O–H groups in total. The summed E-state index contributed by atoms with van der Waals surface area (Å²) in [7, 11) is 1.63. The molecule has 0 radical (unpaired) electrons. The molecule has 0 saturated carbocycles. The third-order valence-electron chi connectivity index (χ3n) is 2.74. The number of nitrogens with zero attached hydrogens (tertiary/aromatic N) is 3. The normalized spacial score (nSPS) is 10.9. The molecule has 0 bridgehead atoms. The topological polar surface area (TPSA) is 77.5 Å². The van der Waals surface area contributed by atoms with Crippen molar-refractivity contribution in [2.45, 2.75) is 13.5 Å². The summed E-state index contributed by atoms with van der Waals surface area (Å²) in [6.07, 6.45) is 3.80. The summed E-state index contributed by atoms with van der Waals surface area (Å²) < 4.78 is 6.94. The Morgan fingerprint density at radius 1 is 1.38 bits per heavy atom. The highest BCUT2D eigenvalue weighted by Crippen LogP contribution is 2.14. The monoisotopic (exact) mass is 401 g/mol. The van der Waals surface area contributed by atoms with Crippen LogP contribution >= 0.6 is 24.0 Å². The molecule has 0 fully saturated rings. The highest BCUT2D eigenvalue weighted by Gasteiger charge is 1.97. The van der Waals surface area contributed by atoms with Gasteiger partial charge in [0.2, 0.25) is 0 Å². The largest absolute Gasteiger partial charge is 0.497 e. The van der Waals surface area contributed by atoms with E-state index in [0.29, 0.717) is 19.0 Å². The summed E-state index contributed by atoms with van der Waals surface area (Å²) in [5.41, 5.74) is 7.84. The maximum Gasteiger partial charge on any atom is 0.193 e. The van der Waals surface area contributed by atoms with Gasteiger partial charge in [-0.3, -0.25) is 9.67 Å². The zero-order chi connectivity index (χ0) is 14.4. The lowest BCUT2D eigenvalue weighted by Crippen LogP contribution is -2.23. The molecule has 1 aromatic heterocycles. The Morgan fingerprint density at radius 3 is 2.67 bits per heavy atom. The van der Waals surface area contributed by atoms with Crippen molar-refractivity contribution in [1.82, 2.24) is 9.78 Å². The van der Waals surface area contributed by atoms with Gasteiger partial charge in [0, 0.05) is 11.9 Å². The first kappa shape index (κ1) is 17.3. The van der Waals surface area contributed by atoms with E-state index < -0.39 is 0 Å². The van der Waals surface area contributed by atoms with Crippen molar-refractivity contribution in [2.24, 2.45) is 10.7 Å². The number of methoxy groups -OCH3 is 1. The van der Waals surface area contributed by atoms with E-state index in [4.69, 9.17) is 10.5 Å². The van der Waals surface area contributed by atoms with E-state index in [0.717, 1.165) is 17.0 Å². The van der Waals surface area contributed by atoms with E-state index in [2.05, 4.69) is 15.4 Å². The lowest BCUT2D eigenvalue weighted by atomic mass is 10.3. The van der Waals surface area contributed by atoms with Crippen molar-refractivity contribution < 1.29 is 4.74 Å². The molecule has 0 saturated heterocycles. The van der Waals surface area contributed by atoms with Gasteiger partial charge in [-0.05, 0) is 36.8 Å². The quantitative estimate of drug-likeness (QED) is 0.458. The average molecular weight is 401 g/mol. The second kappa shape index (κ2) is 8.50. The Morgan fingerprint density at radius 2 is 2.10 bits per heavy atom. The second-order valence-corrected chi connectivity index (χ2v) is 4.40. The zero-order valence-corrected chi connectivity index (χ0v) is 14.4. The van der Waals surface area contributed by atoms with Crippen LogP contribution < -0.4 is 15.8 Å². The molecule has 6 nitrogen and oxygen atoms in total. The Kier molecular flexibility index (Phi) is 7.00. The number of aryl methyl sites for hydroxylation is 1. The first-order valence-corrected chi connectivity index (χ1v) is 6.37. The number of aliphatic imine (C=N–C) groups is 1. The van der Waals surface area contributed by atoms with Crippen LogP contribution in [0.3, 0.4) is 0 Å². The number of ether oxygens (including phenoxy) is 1. The molecule has 21 heavy (non-hydrogen) atoms. The van der Waals surface area contributed by atoms with Gasteiger partial charge in [0.05, 0.1) is 26.4 Å². The van der Waals surface area contributed by atoms with E-state index in [1.54, 1.807) is 7.11 Å². The van der Waals surface area contributed by atoms with Gasteiger partial charge in [0.15, 0.2) is 5.96 Å². The van der Waals surface area contributed by atoms with Crippen molar-refractivity contribution >= 4 is 35.6 Å². The van der Waals surface area contributed by atoms with E-state index in [-0.39, 0.29) is 24.0 Å². The van der Waals surface area contributed by atoms with Crippen LogP contribution in [0.5, 0.6) is 5.75 Å². The number of nitrogens with one attached hydrogen (secondary N) is 1. The fourth-order valence-corrected chi connectivity index (χ4v) is 1.72. The highest BCUT2D eigenvalue weighted by molar-refractivity contribution is 14.0. The van der Waals surface area contributed by atoms with Gasteiger partial charge < -0.3 is 15.8 Å². The molecule has 0 unspecified atom stereocenters. The molecule has 0 spiro atoms. The summed E-state index contributed by atoms with van der Waals surface area (Å²) in [5, 5.41) is 7.22. The number of halogens is 1. The average Bonchev–Trinajstić information content (AvgIpc) is 2.85. The fraction of sp³-hybridized carbons (Fsp3) is 0.286. The SMILES string of the molecule is COc1ccc(NC(N)=NCCn2cc(C)cn2)cc1.I. The Bertz CT molecular complexity index is 579. The minimum atomic E-state index is 0. The predicted molar refractivity (Wildman–Crippen MR) is 95.5 cm³/mol. The molecule has 0 aliphatic heterocycles. The Labute approximate surface area is 141 Å². The number of hydrogen-bond donors (Lipinski definition) is 2. The van der Waals surface area contributed by atoms with Gasteiger partial charge in [-0.25, -0.2) is 0 Å². The molecular formula is C14H20IN5O. The first-order valence-electron chi connectivity index (χ1n) is 6.37. The van der Waals surface area contributed by atoms with Gasteiger partial charge >= 0.3 is 0 Å². The molecule has 7 heteroatoms. The lowest BCUT2D eigenvalue weighted by Gasteiger charge is -2.06. The predicted octanol–water partition coefficient (Wildman–Crippen LogP) is 2.24. The van der Waals surface area contributed by atoms with E-state index >= 15 is 0 Å². The second-order valence-electron chi connectivity index (χ2n) is 4.40. The molecule has 0 atom stereocenters. The van der Waals surface area contributed by atoms with Crippen molar-refractivity contribution in [3.8, 4) is 5.75 Å².